The molecule has 0 aromatic rings. The van der Waals surface area contributed by atoms with Crippen LogP contribution in [0.2, 0.25) is 0 Å². The van der Waals surface area contributed by atoms with E-state index in [2.05, 4.69) is 38.2 Å². The van der Waals surface area contributed by atoms with Gasteiger partial charge in [0.05, 0.1) is 19.8 Å². The number of hydrogen-bond donors (Lipinski definition) is 4. The molecule has 0 bridgehead atoms. The van der Waals surface area contributed by atoms with Gasteiger partial charge in [-0.1, -0.05) is 134 Å². The minimum Gasteiger partial charge on any atom is -0.457 e. The molecule has 1 aliphatic heterocycles. The number of aliphatic hydroxyl groups is 4. The van der Waals surface area contributed by atoms with Crippen LogP contribution in [0.15, 0.2) is 24.3 Å². The lowest BCUT2D eigenvalue weighted by molar-refractivity contribution is -0.305. The van der Waals surface area contributed by atoms with Crippen molar-refractivity contribution in [3.05, 3.63) is 24.3 Å². The molecule has 9 heteroatoms. The lowest BCUT2D eigenvalue weighted by Gasteiger charge is -2.39. The van der Waals surface area contributed by atoms with Gasteiger partial charge in [-0.2, -0.15) is 0 Å². The number of hydrogen-bond acceptors (Lipinski definition) is 9. The van der Waals surface area contributed by atoms with Crippen LogP contribution in [0.1, 0.15) is 162 Å². The van der Waals surface area contributed by atoms with Crippen LogP contribution in [-0.2, 0) is 23.7 Å². The first-order chi connectivity index (χ1) is 23.9. The second-order valence-corrected chi connectivity index (χ2v) is 13.7. The van der Waals surface area contributed by atoms with E-state index in [1.807, 2.05) is 0 Å². The predicted octanol–water partition coefficient (Wildman–Crippen LogP) is 7.86. The van der Waals surface area contributed by atoms with Gasteiger partial charge in [-0.15, -0.1) is 0 Å². The van der Waals surface area contributed by atoms with Crippen LogP contribution >= 0.6 is 0 Å². The molecular formula is C40H74O9. The SMILES string of the molecule is CCCCCC/C=C\C/C=C\CCCCCCCCCCOCC(COC1OC(CO)C(O)C(O)C1O)OC(=O)CCCCCCCCC. The van der Waals surface area contributed by atoms with Crippen molar-refractivity contribution in [3.63, 3.8) is 0 Å². The molecule has 0 amide bonds. The highest BCUT2D eigenvalue weighted by Crippen LogP contribution is 2.22. The molecule has 288 valence electrons. The fourth-order valence-corrected chi connectivity index (χ4v) is 5.93. The summed E-state index contributed by atoms with van der Waals surface area (Å²) < 4.78 is 22.6. The van der Waals surface area contributed by atoms with Gasteiger partial charge in [0.25, 0.3) is 0 Å². The average Bonchev–Trinajstić information content (AvgIpc) is 3.10. The molecule has 1 aliphatic rings. The van der Waals surface area contributed by atoms with Gasteiger partial charge in [-0.25, -0.2) is 0 Å². The maximum absolute atomic E-state index is 12.6. The van der Waals surface area contributed by atoms with E-state index < -0.39 is 43.4 Å². The monoisotopic (exact) mass is 699 g/mol. The van der Waals surface area contributed by atoms with Crippen LogP contribution in [0.25, 0.3) is 0 Å². The zero-order chi connectivity index (χ0) is 35.8. The van der Waals surface area contributed by atoms with Crippen molar-refractivity contribution in [2.24, 2.45) is 0 Å². The van der Waals surface area contributed by atoms with Crippen LogP contribution in [-0.4, -0.2) is 89.6 Å². The van der Waals surface area contributed by atoms with Crippen molar-refractivity contribution in [2.45, 2.75) is 198 Å². The van der Waals surface area contributed by atoms with Gasteiger partial charge in [-0.3, -0.25) is 4.79 Å². The molecule has 6 atom stereocenters. The summed E-state index contributed by atoms with van der Waals surface area (Å²) in [5.74, 6) is -0.323. The van der Waals surface area contributed by atoms with Gasteiger partial charge in [0.1, 0.15) is 30.5 Å². The second-order valence-electron chi connectivity index (χ2n) is 13.7. The smallest absolute Gasteiger partial charge is 0.306 e. The molecule has 4 N–H and O–H groups in total. The average molecular weight is 699 g/mol. The zero-order valence-corrected chi connectivity index (χ0v) is 31.2. The van der Waals surface area contributed by atoms with Gasteiger partial charge < -0.3 is 39.4 Å². The third kappa shape index (κ3) is 24.5. The van der Waals surface area contributed by atoms with Crippen molar-refractivity contribution in [1.82, 2.24) is 0 Å². The highest BCUT2D eigenvalue weighted by Gasteiger charge is 2.44. The molecule has 1 saturated heterocycles. The third-order valence-corrected chi connectivity index (χ3v) is 9.12. The summed E-state index contributed by atoms with van der Waals surface area (Å²) in [6, 6.07) is 0. The largest absolute Gasteiger partial charge is 0.457 e. The van der Waals surface area contributed by atoms with E-state index in [0.717, 1.165) is 38.5 Å². The lowest BCUT2D eigenvalue weighted by Crippen LogP contribution is -2.59. The molecule has 0 aromatic carbocycles. The summed E-state index contributed by atoms with van der Waals surface area (Å²) in [7, 11) is 0. The molecule has 0 aliphatic carbocycles. The van der Waals surface area contributed by atoms with E-state index >= 15 is 0 Å². The standard InChI is InChI=1S/C40H74O9/c1-3-5-7-9-11-12-13-14-15-16-17-18-19-20-21-22-24-26-28-30-46-32-34(48-36(42)29-27-25-23-10-8-6-4-2)33-47-40-39(45)38(44)37(43)35(31-41)49-40/h12-13,15-16,34-35,37-41,43-45H,3-11,14,17-33H2,1-2H3/b13-12-,16-15-. The molecule has 1 heterocycles. The molecule has 1 rings (SSSR count). The van der Waals surface area contributed by atoms with Crippen molar-refractivity contribution >= 4 is 5.97 Å². The molecule has 9 nitrogen and oxygen atoms in total. The molecule has 0 radical (unpaired) electrons. The van der Waals surface area contributed by atoms with Crippen molar-refractivity contribution in [3.8, 4) is 0 Å². The molecule has 49 heavy (non-hydrogen) atoms. The van der Waals surface area contributed by atoms with Crippen molar-refractivity contribution in [1.29, 1.82) is 0 Å². The Hall–Kier alpha value is -1.33. The van der Waals surface area contributed by atoms with Crippen molar-refractivity contribution < 1.29 is 44.2 Å². The Morgan fingerprint density at radius 2 is 1.18 bits per heavy atom. The van der Waals surface area contributed by atoms with Crippen molar-refractivity contribution in [2.75, 3.05) is 26.4 Å². The van der Waals surface area contributed by atoms with Gasteiger partial charge in [0.15, 0.2) is 6.29 Å². The summed E-state index contributed by atoms with van der Waals surface area (Å²) in [5.41, 5.74) is 0. The molecular weight excluding hydrogens is 624 g/mol. The first-order valence-corrected chi connectivity index (χ1v) is 19.9. The van der Waals surface area contributed by atoms with Crippen LogP contribution in [0.3, 0.4) is 0 Å². The Morgan fingerprint density at radius 3 is 1.78 bits per heavy atom. The summed E-state index contributed by atoms with van der Waals surface area (Å²) in [5, 5.41) is 39.9. The quantitative estimate of drug-likeness (QED) is 0.0307. The molecule has 0 aromatic heterocycles. The first kappa shape index (κ1) is 45.7. The minimum atomic E-state index is -1.53. The molecule has 0 spiro atoms. The highest BCUT2D eigenvalue weighted by molar-refractivity contribution is 5.69. The van der Waals surface area contributed by atoms with E-state index in [0.29, 0.717) is 13.0 Å². The zero-order valence-electron chi connectivity index (χ0n) is 31.2. The van der Waals surface area contributed by atoms with E-state index in [1.165, 1.54) is 103 Å². The van der Waals surface area contributed by atoms with Crippen LogP contribution < -0.4 is 0 Å². The van der Waals surface area contributed by atoms with Gasteiger partial charge in [0, 0.05) is 13.0 Å². The Bertz CT molecular complexity index is 803. The third-order valence-electron chi connectivity index (χ3n) is 9.12. The molecule has 1 fully saturated rings. The van der Waals surface area contributed by atoms with Crippen LogP contribution in [0.5, 0.6) is 0 Å². The summed E-state index contributed by atoms with van der Waals surface area (Å²) in [4.78, 5) is 12.6. The van der Waals surface area contributed by atoms with E-state index in [-0.39, 0.29) is 19.2 Å². The lowest BCUT2D eigenvalue weighted by atomic mass is 9.99. The van der Waals surface area contributed by atoms with Gasteiger partial charge in [-0.05, 0) is 44.9 Å². The number of carbonyl (C=O) groups excluding carboxylic acids is 1. The number of carbonyl (C=O) groups is 1. The Balaban J connectivity index is 2.23. The predicted molar refractivity (Wildman–Crippen MR) is 196 cm³/mol. The topological polar surface area (TPSA) is 135 Å². The van der Waals surface area contributed by atoms with Crippen LogP contribution in [0.4, 0.5) is 0 Å². The number of ether oxygens (including phenoxy) is 4. The summed E-state index contributed by atoms with van der Waals surface area (Å²) in [6.07, 6.45) is 27.9. The Morgan fingerprint density at radius 1 is 0.653 bits per heavy atom. The number of aliphatic hydroxyl groups excluding tert-OH is 4. The highest BCUT2D eigenvalue weighted by atomic mass is 16.7. The molecule has 0 saturated carbocycles. The Kier molecular flexibility index (Phi) is 30.4. The van der Waals surface area contributed by atoms with E-state index in [4.69, 9.17) is 18.9 Å². The first-order valence-electron chi connectivity index (χ1n) is 19.9. The summed E-state index contributed by atoms with van der Waals surface area (Å²) in [6.45, 7) is 4.48. The fraction of sp³-hybridized carbons (Fsp3) is 0.875. The normalized spacial score (nSPS) is 22.0. The number of allylic oxidation sites excluding steroid dienone is 4. The van der Waals surface area contributed by atoms with Crippen LogP contribution in [0, 0.1) is 0 Å². The summed E-state index contributed by atoms with van der Waals surface area (Å²) >= 11 is 0. The number of unbranched alkanes of at least 4 members (excludes halogenated alkanes) is 18. The molecule has 6 unspecified atom stereocenters. The minimum absolute atomic E-state index is 0.114. The number of esters is 1. The second kappa shape index (κ2) is 32.6. The van der Waals surface area contributed by atoms with E-state index in [9.17, 15) is 25.2 Å². The number of rotatable bonds is 33. The maximum Gasteiger partial charge on any atom is 0.306 e. The fourth-order valence-electron chi connectivity index (χ4n) is 5.93. The van der Waals surface area contributed by atoms with Gasteiger partial charge in [0.2, 0.25) is 0 Å². The van der Waals surface area contributed by atoms with Gasteiger partial charge >= 0.3 is 5.97 Å². The Labute approximate surface area is 298 Å². The maximum atomic E-state index is 12.6. The van der Waals surface area contributed by atoms with E-state index in [1.54, 1.807) is 0 Å².